The van der Waals surface area contributed by atoms with Crippen LogP contribution in [0.2, 0.25) is 5.02 Å². The van der Waals surface area contributed by atoms with Crippen LogP contribution in [0.15, 0.2) is 47.1 Å². The summed E-state index contributed by atoms with van der Waals surface area (Å²) in [5.74, 6) is 0.183. The second kappa shape index (κ2) is 9.35. The summed E-state index contributed by atoms with van der Waals surface area (Å²) in [7, 11) is 0. The van der Waals surface area contributed by atoms with Crippen molar-refractivity contribution in [3.05, 3.63) is 57.7 Å². The number of ether oxygens (including phenoxy) is 1. The quantitative estimate of drug-likeness (QED) is 0.562. The molecule has 1 aromatic heterocycles. The van der Waals surface area contributed by atoms with Crippen LogP contribution in [0, 0.1) is 0 Å². The lowest BCUT2D eigenvalue weighted by Gasteiger charge is -2.39. The van der Waals surface area contributed by atoms with E-state index in [4.69, 9.17) is 16.3 Å². The fraction of sp³-hybridized carbons (Fsp3) is 0.409. The summed E-state index contributed by atoms with van der Waals surface area (Å²) in [5.41, 5.74) is -0.0596. The molecule has 160 valence electrons. The lowest BCUT2D eigenvalue weighted by atomic mass is 10.0. The van der Waals surface area contributed by atoms with E-state index in [0.717, 1.165) is 17.3 Å². The topological polar surface area (TPSA) is 62.7 Å². The summed E-state index contributed by atoms with van der Waals surface area (Å²) < 4.78 is 6.41. The van der Waals surface area contributed by atoms with Gasteiger partial charge in [-0.25, -0.2) is 9.78 Å². The van der Waals surface area contributed by atoms with Gasteiger partial charge in [0.15, 0.2) is 5.82 Å². The molecule has 6 nitrogen and oxygen atoms in total. The number of benzene rings is 1. The summed E-state index contributed by atoms with van der Waals surface area (Å²) in [4.78, 5) is 33.7. The number of amides is 2. The van der Waals surface area contributed by atoms with Crippen molar-refractivity contribution in [2.75, 3.05) is 18.0 Å². The minimum Gasteiger partial charge on any atom is -0.444 e. The number of hydrogen-bond acceptors (Lipinski definition) is 4. The minimum absolute atomic E-state index is 0.209. The molecule has 1 aliphatic rings. The molecule has 2 aromatic rings. The van der Waals surface area contributed by atoms with Gasteiger partial charge >= 0.3 is 6.09 Å². The summed E-state index contributed by atoms with van der Waals surface area (Å²) in [5, 5.41) is 0.386. The molecule has 2 heterocycles. The molecule has 3 rings (SSSR count). The number of rotatable bonds is 3. The Kier molecular flexibility index (Phi) is 7.03. The van der Waals surface area contributed by atoms with E-state index in [9.17, 15) is 9.59 Å². The second-order valence-electron chi connectivity index (χ2n) is 8.21. The third kappa shape index (κ3) is 5.52. The van der Waals surface area contributed by atoms with Crippen molar-refractivity contribution in [2.45, 2.75) is 45.3 Å². The minimum atomic E-state index is -0.582. The molecule has 1 saturated heterocycles. The molecule has 0 spiro atoms. The fourth-order valence-electron chi connectivity index (χ4n) is 3.38. The average Bonchev–Trinajstić information content (AvgIpc) is 2.69. The molecule has 1 aliphatic heterocycles. The maximum Gasteiger partial charge on any atom is 0.410 e. The van der Waals surface area contributed by atoms with Crippen LogP contribution in [0.4, 0.5) is 10.6 Å². The number of hydrogen-bond donors (Lipinski definition) is 0. The molecule has 1 atom stereocenters. The van der Waals surface area contributed by atoms with Gasteiger partial charge in [0.2, 0.25) is 0 Å². The van der Waals surface area contributed by atoms with Crippen LogP contribution in [0.5, 0.6) is 0 Å². The monoisotopic (exact) mass is 493 g/mol. The highest BCUT2D eigenvalue weighted by molar-refractivity contribution is 9.10. The molecule has 0 radical (unpaired) electrons. The summed E-state index contributed by atoms with van der Waals surface area (Å²) in [6.45, 7) is 6.45. The Morgan fingerprint density at radius 2 is 1.93 bits per heavy atom. The molecule has 1 aromatic carbocycles. The number of anilines is 1. The molecule has 0 saturated carbocycles. The van der Waals surface area contributed by atoms with E-state index >= 15 is 0 Å². The van der Waals surface area contributed by atoms with Gasteiger partial charge in [0.1, 0.15) is 5.60 Å². The van der Waals surface area contributed by atoms with Gasteiger partial charge in [-0.1, -0.05) is 27.5 Å². The van der Waals surface area contributed by atoms with E-state index in [-0.39, 0.29) is 18.0 Å². The second-order valence-corrected chi connectivity index (χ2v) is 9.54. The molecule has 0 aliphatic carbocycles. The molecule has 0 bridgehead atoms. The van der Waals surface area contributed by atoms with Gasteiger partial charge < -0.3 is 9.64 Å². The first kappa shape index (κ1) is 22.6. The van der Waals surface area contributed by atoms with Gasteiger partial charge in [-0.3, -0.25) is 9.69 Å². The summed E-state index contributed by atoms with van der Waals surface area (Å²) in [6.07, 6.45) is 2.71. The van der Waals surface area contributed by atoms with Crippen LogP contribution in [0.25, 0.3) is 0 Å². The van der Waals surface area contributed by atoms with E-state index in [2.05, 4.69) is 20.9 Å². The van der Waals surface area contributed by atoms with Crippen molar-refractivity contribution in [3.8, 4) is 0 Å². The number of pyridine rings is 1. The van der Waals surface area contributed by atoms with E-state index in [1.165, 1.54) is 0 Å². The van der Waals surface area contributed by atoms with Crippen molar-refractivity contribution in [1.82, 2.24) is 9.88 Å². The number of carbonyl (C=O) groups excluding carboxylic acids is 2. The van der Waals surface area contributed by atoms with Crippen LogP contribution in [0.1, 0.15) is 44.0 Å². The number of nitrogens with zero attached hydrogens (tertiary/aromatic N) is 3. The smallest absolute Gasteiger partial charge is 0.410 e. The van der Waals surface area contributed by atoms with Gasteiger partial charge in [0.25, 0.3) is 5.91 Å². The predicted octanol–water partition coefficient (Wildman–Crippen LogP) is 5.54. The molecule has 2 amide bonds. The normalized spacial score (nSPS) is 16.8. The zero-order chi connectivity index (χ0) is 21.9. The molecule has 1 fully saturated rings. The first-order valence-electron chi connectivity index (χ1n) is 9.83. The molecular formula is C22H25BrClN3O3. The Balaban J connectivity index is 1.92. The Morgan fingerprint density at radius 1 is 1.23 bits per heavy atom. The van der Waals surface area contributed by atoms with Gasteiger partial charge in [-0.15, -0.1) is 0 Å². The van der Waals surface area contributed by atoms with Crippen LogP contribution in [-0.2, 0) is 4.74 Å². The fourth-order valence-corrected chi connectivity index (χ4v) is 3.86. The van der Waals surface area contributed by atoms with Crippen LogP contribution >= 0.6 is 27.5 Å². The van der Waals surface area contributed by atoms with E-state index in [1.807, 2.05) is 32.9 Å². The molecule has 0 N–H and O–H groups in total. The van der Waals surface area contributed by atoms with Crippen molar-refractivity contribution in [2.24, 2.45) is 0 Å². The third-order valence-corrected chi connectivity index (χ3v) is 5.51. The largest absolute Gasteiger partial charge is 0.444 e. The molecule has 30 heavy (non-hydrogen) atoms. The Labute approximate surface area is 190 Å². The lowest BCUT2D eigenvalue weighted by molar-refractivity contribution is 0.0196. The Hall–Kier alpha value is -2.12. The van der Waals surface area contributed by atoms with Crippen molar-refractivity contribution in [3.63, 3.8) is 0 Å². The summed E-state index contributed by atoms with van der Waals surface area (Å²) >= 11 is 9.81. The number of halogens is 2. The summed E-state index contributed by atoms with van der Waals surface area (Å²) in [6, 6.07) is 10.3. The lowest BCUT2D eigenvalue weighted by Crippen LogP contribution is -2.53. The van der Waals surface area contributed by atoms with Gasteiger partial charge in [0.05, 0.1) is 11.1 Å². The van der Waals surface area contributed by atoms with Gasteiger partial charge in [-0.05, 0) is 70.0 Å². The Morgan fingerprint density at radius 3 is 2.57 bits per heavy atom. The number of carbonyl (C=O) groups is 2. The first-order chi connectivity index (χ1) is 14.2. The SMILES string of the molecule is CC(C)(C)OC(=O)N1CCC[C@@H](N(C(=O)c2ccc(Br)cc2)c2ncccc2Cl)C1. The van der Waals surface area contributed by atoms with Crippen molar-refractivity contribution in [1.29, 1.82) is 0 Å². The molecule has 0 unspecified atom stereocenters. The highest BCUT2D eigenvalue weighted by atomic mass is 79.9. The highest BCUT2D eigenvalue weighted by Gasteiger charge is 2.35. The van der Waals surface area contributed by atoms with Gasteiger partial charge in [-0.2, -0.15) is 0 Å². The third-order valence-electron chi connectivity index (χ3n) is 4.69. The molecular weight excluding hydrogens is 470 g/mol. The van der Waals surface area contributed by atoms with Crippen LogP contribution < -0.4 is 4.90 Å². The molecule has 8 heteroatoms. The number of piperidine rings is 1. The standard InChI is InChI=1S/C22H25BrClN3O3/c1-22(2,3)30-21(29)26-13-5-6-17(14-26)27(19-18(24)7-4-12-25-19)20(28)15-8-10-16(23)11-9-15/h4,7-12,17H,5-6,13-14H2,1-3H3/t17-/m1/s1. The number of likely N-dealkylation sites (tertiary alicyclic amines) is 1. The average molecular weight is 495 g/mol. The first-order valence-corrected chi connectivity index (χ1v) is 11.0. The van der Waals surface area contributed by atoms with Crippen molar-refractivity contribution >= 4 is 45.3 Å². The van der Waals surface area contributed by atoms with Crippen LogP contribution in [0.3, 0.4) is 0 Å². The van der Waals surface area contributed by atoms with Crippen molar-refractivity contribution < 1.29 is 14.3 Å². The van der Waals surface area contributed by atoms with E-state index in [1.54, 1.807) is 40.3 Å². The van der Waals surface area contributed by atoms with Crippen LogP contribution in [-0.4, -0.2) is 46.6 Å². The predicted molar refractivity (Wildman–Crippen MR) is 121 cm³/mol. The van der Waals surface area contributed by atoms with E-state index < -0.39 is 5.60 Å². The van der Waals surface area contributed by atoms with E-state index in [0.29, 0.717) is 29.5 Å². The zero-order valence-electron chi connectivity index (χ0n) is 17.3. The maximum atomic E-state index is 13.5. The van der Waals surface area contributed by atoms with Gasteiger partial charge in [0, 0.05) is 29.3 Å². The maximum absolute atomic E-state index is 13.5. The highest BCUT2D eigenvalue weighted by Crippen LogP contribution is 2.30. The zero-order valence-corrected chi connectivity index (χ0v) is 19.6. The Bertz CT molecular complexity index is 915. The number of aromatic nitrogens is 1.